The van der Waals surface area contributed by atoms with E-state index >= 15 is 0 Å². The average molecular weight is 222 g/mol. The van der Waals surface area contributed by atoms with E-state index in [9.17, 15) is 0 Å². The summed E-state index contributed by atoms with van der Waals surface area (Å²) in [5.41, 5.74) is 7.03. The molecule has 1 atom stereocenters. The summed E-state index contributed by atoms with van der Waals surface area (Å²) in [4.78, 5) is 7.12. The molecular weight excluding hydrogens is 210 g/mol. The molecule has 0 aliphatic heterocycles. The van der Waals surface area contributed by atoms with Crippen molar-refractivity contribution in [1.82, 2.24) is 9.97 Å². The highest BCUT2D eigenvalue weighted by atomic mass is 35.5. The van der Waals surface area contributed by atoms with Gasteiger partial charge in [-0.15, -0.1) is 0 Å². The first-order valence-corrected chi connectivity index (χ1v) is 5.13. The van der Waals surface area contributed by atoms with Crippen LogP contribution < -0.4 is 5.73 Å². The van der Waals surface area contributed by atoms with Crippen molar-refractivity contribution in [3.05, 3.63) is 53.1 Å². The maximum Gasteiger partial charge on any atom is 0.123 e. The summed E-state index contributed by atoms with van der Waals surface area (Å²) in [6.45, 7) is 0. The maximum absolute atomic E-state index is 6.04. The molecule has 0 radical (unpaired) electrons. The van der Waals surface area contributed by atoms with E-state index in [4.69, 9.17) is 17.3 Å². The Morgan fingerprint density at radius 2 is 2.20 bits per heavy atom. The van der Waals surface area contributed by atoms with Crippen LogP contribution in [0.1, 0.15) is 17.4 Å². The second kappa shape index (κ2) is 4.47. The molecule has 0 amide bonds. The van der Waals surface area contributed by atoms with Crippen molar-refractivity contribution in [2.24, 2.45) is 5.73 Å². The normalized spacial score (nSPS) is 12.7. The molecule has 78 valence electrons. The molecule has 1 heterocycles. The van der Waals surface area contributed by atoms with Crippen LogP contribution in [0.15, 0.2) is 36.7 Å². The van der Waals surface area contributed by atoms with Gasteiger partial charge in [-0.05, 0) is 18.1 Å². The van der Waals surface area contributed by atoms with Crippen LogP contribution in [0, 0.1) is 0 Å². The smallest absolute Gasteiger partial charge is 0.123 e. The van der Waals surface area contributed by atoms with Crippen molar-refractivity contribution in [3.63, 3.8) is 0 Å². The van der Waals surface area contributed by atoms with Gasteiger partial charge in [-0.25, -0.2) is 4.98 Å². The first-order valence-electron chi connectivity index (χ1n) is 4.75. The van der Waals surface area contributed by atoms with E-state index in [1.807, 2.05) is 24.3 Å². The SMILES string of the molecule is NC(Cc1ccccc1Cl)c1ncc[nH]1. The van der Waals surface area contributed by atoms with E-state index in [2.05, 4.69) is 9.97 Å². The van der Waals surface area contributed by atoms with Crippen molar-refractivity contribution in [2.45, 2.75) is 12.5 Å². The maximum atomic E-state index is 6.04. The van der Waals surface area contributed by atoms with Gasteiger partial charge in [-0.1, -0.05) is 29.8 Å². The predicted octanol–water partition coefficient (Wildman–Crippen LogP) is 2.31. The molecule has 1 unspecified atom stereocenters. The zero-order chi connectivity index (χ0) is 10.7. The van der Waals surface area contributed by atoms with Gasteiger partial charge in [0, 0.05) is 17.4 Å². The van der Waals surface area contributed by atoms with Crippen molar-refractivity contribution < 1.29 is 0 Å². The van der Waals surface area contributed by atoms with Crippen molar-refractivity contribution >= 4 is 11.6 Å². The Hall–Kier alpha value is -1.32. The molecule has 0 aliphatic carbocycles. The highest BCUT2D eigenvalue weighted by Gasteiger charge is 2.10. The summed E-state index contributed by atoms with van der Waals surface area (Å²) in [6, 6.07) is 7.57. The van der Waals surface area contributed by atoms with Crippen molar-refractivity contribution in [2.75, 3.05) is 0 Å². The van der Waals surface area contributed by atoms with Gasteiger partial charge < -0.3 is 10.7 Å². The zero-order valence-electron chi connectivity index (χ0n) is 8.15. The summed E-state index contributed by atoms with van der Waals surface area (Å²) in [6.07, 6.45) is 4.15. The lowest BCUT2D eigenvalue weighted by Gasteiger charge is -2.09. The Morgan fingerprint density at radius 3 is 2.87 bits per heavy atom. The minimum Gasteiger partial charge on any atom is -0.347 e. The van der Waals surface area contributed by atoms with Crippen LogP contribution in [-0.4, -0.2) is 9.97 Å². The Labute approximate surface area is 93.3 Å². The summed E-state index contributed by atoms with van der Waals surface area (Å²) in [5, 5.41) is 0.750. The van der Waals surface area contributed by atoms with Crippen LogP contribution in [0.25, 0.3) is 0 Å². The molecule has 0 bridgehead atoms. The minimum absolute atomic E-state index is 0.139. The Morgan fingerprint density at radius 1 is 1.40 bits per heavy atom. The third-order valence-corrected chi connectivity index (χ3v) is 2.64. The fourth-order valence-electron chi connectivity index (χ4n) is 1.48. The topological polar surface area (TPSA) is 54.7 Å². The lowest BCUT2D eigenvalue weighted by Crippen LogP contribution is -2.15. The van der Waals surface area contributed by atoms with E-state index in [1.165, 1.54) is 0 Å². The Kier molecular flexibility index (Phi) is 3.04. The van der Waals surface area contributed by atoms with Gasteiger partial charge in [-0.2, -0.15) is 0 Å². The molecule has 1 aromatic heterocycles. The molecule has 0 spiro atoms. The molecule has 0 fully saturated rings. The number of nitrogens with two attached hydrogens (primary N) is 1. The van der Waals surface area contributed by atoms with Crippen LogP contribution in [0.5, 0.6) is 0 Å². The molecule has 2 rings (SSSR count). The van der Waals surface area contributed by atoms with Crippen LogP contribution in [0.4, 0.5) is 0 Å². The van der Waals surface area contributed by atoms with Crippen LogP contribution in [0.3, 0.4) is 0 Å². The molecule has 0 saturated carbocycles. The molecule has 15 heavy (non-hydrogen) atoms. The Bertz CT molecular complexity index is 425. The fraction of sp³-hybridized carbons (Fsp3) is 0.182. The van der Waals surface area contributed by atoms with Gasteiger partial charge in [0.25, 0.3) is 0 Å². The molecular formula is C11H12ClN3. The largest absolute Gasteiger partial charge is 0.347 e. The molecule has 0 aliphatic rings. The van der Waals surface area contributed by atoms with Crippen LogP contribution in [0.2, 0.25) is 5.02 Å². The van der Waals surface area contributed by atoms with Crippen LogP contribution in [-0.2, 0) is 6.42 Å². The minimum atomic E-state index is -0.139. The number of benzene rings is 1. The second-order valence-electron chi connectivity index (χ2n) is 3.38. The number of hydrogen-bond acceptors (Lipinski definition) is 2. The lowest BCUT2D eigenvalue weighted by molar-refractivity contribution is 0.678. The highest BCUT2D eigenvalue weighted by Crippen LogP contribution is 2.20. The van der Waals surface area contributed by atoms with E-state index in [0.717, 1.165) is 16.4 Å². The first kappa shape index (κ1) is 10.2. The number of imidazole rings is 1. The quantitative estimate of drug-likeness (QED) is 0.836. The average Bonchev–Trinajstić information content (AvgIpc) is 2.74. The van der Waals surface area contributed by atoms with Crippen molar-refractivity contribution in [1.29, 1.82) is 0 Å². The number of nitrogens with one attached hydrogen (secondary N) is 1. The summed E-state index contributed by atoms with van der Waals surface area (Å²) in [5.74, 6) is 0.787. The number of aromatic amines is 1. The second-order valence-corrected chi connectivity index (χ2v) is 3.78. The van der Waals surface area contributed by atoms with Crippen LogP contribution >= 0.6 is 11.6 Å². The third kappa shape index (κ3) is 2.37. The highest BCUT2D eigenvalue weighted by molar-refractivity contribution is 6.31. The molecule has 1 aromatic carbocycles. The number of aromatic nitrogens is 2. The summed E-state index contributed by atoms with van der Waals surface area (Å²) < 4.78 is 0. The molecule has 4 heteroatoms. The number of nitrogens with zero attached hydrogens (tertiary/aromatic N) is 1. The van der Waals surface area contributed by atoms with Gasteiger partial charge >= 0.3 is 0 Å². The van der Waals surface area contributed by atoms with Gasteiger partial charge in [0.05, 0.1) is 6.04 Å². The number of rotatable bonds is 3. The lowest BCUT2D eigenvalue weighted by atomic mass is 10.1. The van der Waals surface area contributed by atoms with Gasteiger partial charge in [-0.3, -0.25) is 0 Å². The van der Waals surface area contributed by atoms with E-state index in [1.54, 1.807) is 12.4 Å². The molecule has 0 saturated heterocycles. The first-order chi connectivity index (χ1) is 7.27. The van der Waals surface area contributed by atoms with Crippen molar-refractivity contribution in [3.8, 4) is 0 Å². The zero-order valence-corrected chi connectivity index (χ0v) is 8.91. The van der Waals surface area contributed by atoms with E-state index in [-0.39, 0.29) is 6.04 Å². The van der Waals surface area contributed by atoms with E-state index < -0.39 is 0 Å². The summed E-state index contributed by atoms with van der Waals surface area (Å²) in [7, 11) is 0. The van der Waals surface area contributed by atoms with Gasteiger partial charge in [0.1, 0.15) is 5.82 Å². The number of H-pyrrole nitrogens is 1. The third-order valence-electron chi connectivity index (χ3n) is 2.27. The standard InChI is InChI=1S/C11H12ClN3/c12-9-4-2-1-3-8(9)7-10(13)11-14-5-6-15-11/h1-6,10H,7,13H2,(H,14,15). The molecule has 3 N–H and O–H groups in total. The Balaban J connectivity index is 2.13. The van der Waals surface area contributed by atoms with E-state index in [0.29, 0.717) is 6.42 Å². The molecule has 3 nitrogen and oxygen atoms in total. The monoisotopic (exact) mass is 221 g/mol. The summed E-state index contributed by atoms with van der Waals surface area (Å²) >= 11 is 6.04. The number of hydrogen-bond donors (Lipinski definition) is 2. The number of halogens is 1. The fourth-order valence-corrected chi connectivity index (χ4v) is 1.69. The van der Waals surface area contributed by atoms with Gasteiger partial charge in [0.2, 0.25) is 0 Å². The molecule has 2 aromatic rings. The predicted molar refractivity (Wildman–Crippen MR) is 60.7 cm³/mol. The van der Waals surface area contributed by atoms with Gasteiger partial charge in [0.15, 0.2) is 0 Å².